The van der Waals surface area contributed by atoms with Crippen molar-refractivity contribution in [2.45, 2.75) is 135 Å². The van der Waals surface area contributed by atoms with E-state index < -0.39 is 66.2 Å². The summed E-state index contributed by atoms with van der Waals surface area (Å²) in [6, 6.07) is 17.8. The second-order valence-corrected chi connectivity index (χ2v) is 20.9. The summed E-state index contributed by atoms with van der Waals surface area (Å²) in [7, 11) is 6.03. The summed E-state index contributed by atoms with van der Waals surface area (Å²) in [5, 5.41) is 8.53. The van der Waals surface area contributed by atoms with Gasteiger partial charge in [0.05, 0.1) is 11.3 Å². The third kappa shape index (κ3) is 16.7. The number of likely N-dealkylation sites (N-methyl/N-ethyl adjacent to an activating group) is 2. The molecule has 0 spiro atoms. The maximum atomic E-state index is 15.0. The number of para-hydroxylation sites is 1. The number of nitrogens with zero attached hydrogens (tertiary/aromatic N) is 3. The maximum absolute atomic E-state index is 15.0. The van der Waals surface area contributed by atoms with E-state index in [0.717, 1.165) is 30.6 Å². The van der Waals surface area contributed by atoms with Crippen LogP contribution in [0.1, 0.15) is 96.8 Å². The number of nitrogens with one attached hydrogen (secondary N) is 3. The molecule has 16 heteroatoms. The third-order valence-corrected chi connectivity index (χ3v) is 14.4. The van der Waals surface area contributed by atoms with Crippen LogP contribution in [-0.2, 0) is 46.4 Å². The van der Waals surface area contributed by atoms with Gasteiger partial charge in [0.25, 0.3) is 0 Å². The van der Waals surface area contributed by atoms with Gasteiger partial charge in [0.1, 0.15) is 36.0 Å². The zero-order valence-electron chi connectivity index (χ0n) is 41.2. The molecule has 1 heterocycles. The van der Waals surface area contributed by atoms with Crippen LogP contribution in [0.5, 0.6) is 5.75 Å². The van der Waals surface area contributed by atoms with Gasteiger partial charge < -0.3 is 35.4 Å². The molecule has 0 bridgehead atoms. The number of piperidine rings is 1. The minimum absolute atomic E-state index is 0.0102. The Morgan fingerprint density at radius 1 is 0.706 bits per heavy atom. The Labute approximate surface area is 411 Å². The Hall–Kier alpha value is -5.35. The Balaban J connectivity index is 1.72. The zero-order valence-corrected chi connectivity index (χ0v) is 42.9. The van der Waals surface area contributed by atoms with Crippen LogP contribution in [0.3, 0.4) is 0 Å². The first-order valence-corrected chi connectivity index (χ1v) is 26.1. The van der Waals surface area contributed by atoms with E-state index >= 15 is 4.79 Å². The highest BCUT2D eigenvalue weighted by Crippen LogP contribution is 2.39. The lowest BCUT2D eigenvalue weighted by atomic mass is 9.98. The van der Waals surface area contributed by atoms with Crippen molar-refractivity contribution in [2.75, 3.05) is 32.9 Å². The van der Waals surface area contributed by atoms with Gasteiger partial charge >= 0.3 is 5.97 Å². The van der Waals surface area contributed by atoms with E-state index in [0.29, 0.717) is 41.3 Å². The van der Waals surface area contributed by atoms with E-state index in [-0.39, 0.29) is 42.9 Å². The number of carbonyl (C=O) groups excluding carboxylic acids is 7. The van der Waals surface area contributed by atoms with Crippen molar-refractivity contribution in [3.63, 3.8) is 0 Å². The summed E-state index contributed by atoms with van der Waals surface area (Å²) in [6.07, 6.45) is 3.11. The van der Waals surface area contributed by atoms with Crippen LogP contribution in [-0.4, -0.2) is 119 Å². The van der Waals surface area contributed by atoms with E-state index in [4.69, 9.17) is 4.74 Å². The fourth-order valence-electron chi connectivity index (χ4n) is 8.13. The first-order chi connectivity index (χ1) is 32.4. The quantitative estimate of drug-likeness (QED) is 0.0494. The minimum Gasteiger partial charge on any atom is -0.425 e. The molecule has 0 unspecified atom stereocenters. The summed E-state index contributed by atoms with van der Waals surface area (Å²) in [6.45, 7) is 14.3. The highest BCUT2D eigenvalue weighted by Gasteiger charge is 2.38. The molecular formula is C52H72N6O8S2. The van der Waals surface area contributed by atoms with Gasteiger partial charge in [0.2, 0.25) is 35.4 Å². The van der Waals surface area contributed by atoms with E-state index in [1.807, 2.05) is 96.1 Å². The fraction of sp³-hybridized carbons (Fsp3) is 0.519. The molecular weight excluding hydrogens is 901 g/mol. The van der Waals surface area contributed by atoms with Gasteiger partial charge in [-0.1, -0.05) is 129 Å². The summed E-state index contributed by atoms with van der Waals surface area (Å²) in [5.41, 5.74) is 2.13. The Kier molecular flexibility index (Phi) is 22.4. The number of carbonyl (C=O) groups is 7. The molecule has 3 N–H and O–H groups in total. The average molecular weight is 973 g/mol. The standard InChI is InChI=1S/C52H72N6O8S2/c1-10-67-68-43-26-20-21-36(6)47(43)66-45(60)33-41(52(65)56(8)42(32-39-24-16-12-17-25-39)49(62)53-37(7)51(64)58-29-18-13-19-30-58)55-48(61)40(31-38-22-14-11-15-23-38)54-50(63)46(35(4)5)57(9)44(59)28-27-34(2)3/h11-12,14-17,20-26,34-35,37,40-42,46H,10,13,18-19,27-33H2,1-9H3,(H,53,62)(H,54,63)(H,55,61)/t37-,40-,41-,42-,46-/m0/s1. The number of benzene rings is 3. The number of ether oxygens (including phenoxy) is 1. The van der Waals surface area contributed by atoms with Crippen LogP contribution in [0, 0.1) is 18.8 Å². The number of rotatable bonds is 24. The zero-order chi connectivity index (χ0) is 49.9. The summed E-state index contributed by atoms with van der Waals surface area (Å²) < 4.78 is 5.99. The lowest BCUT2D eigenvalue weighted by Gasteiger charge is -2.34. The largest absolute Gasteiger partial charge is 0.425 e. The van der Waals surface area contributed by atoms with Gasteiger partial charge in [-0.3, -0.25) is 33.6 Å². The van der Waals surface area contributed by atoms with Gasteiger partial charge in [0, 0.05) is 52.2 Å². The smallest absolute Gasteiger partial charge is 0.313 e. The second-order valence-electron chi connectivity index (χ2n) is 18.3. The molecule has 3 aromatic rings. The number of aryl methyl sites for hydroxylation is 1. The van der Waals surface area contributed by atoms with Gasteiger partial charge in [-0.25, -0.2) is 0 Å². The van der Waals surface area contributed by atoms with Crippen molar-refractivity contribution in [1.29, 1.82) is 0 Å². The molecule has 0 aromatic heterocycles. The van der Waals surface area contributed by atoms with Crippen molar-refractivity contribution in [3.05, 3.63) is 95.6 Å². The molecule has 68 heavy (non-hydrogen) atoms. The predicted octanol–water partition coefficient (Wildman–Crippen LogP) is 6.77. The Morgan fingerprint density at radius 3 is 1.90 bits per heavy atom. The molecule has 1 saturated heterocycles. The minimum atomic E-state index is -1.58. The predicted molar refractivity (Wildman–Crippen MR) is 270 cm³/mol. The molecule has 370 valence electrons. The maximum Gasteiger partial charge on any atom is 0.313 e. The van der Waals surface area contributed by atoms with Crippen molar-refractivity contribution < 1.29 is 38.3 Å². The van der Waals surface area contributed by atoms with Gasteiger partial charge in [-0.05, 0) is 74.1 Å². The van der Waals surface area contributed by atoms with Gasteiger partial charge in [-0.2, -0.15) is 0 Å². The van der Waals surface area contributed by atoms with Crippen LogP contribution in [0.25, 0.3) is 0 Å². The SMILES string of the molecule is CCSSc1cccc(C)c1OC(=O)C[C@H](NC(=O)[C@H](Cc1ccccc1)NC(=O)[C@H](C(C)C)N(C)C(=O)CCC(C)C)C(=O)N(C)[C@@H](Cc1ccccc1)C(=O)N[C@@H](C)C(=O)N1CCCCC1. The Morgan fingerprint density at radius 2 is 1.31 bits per heavy atom. The molecule has 5 atom stereocenters. The van der Waals surface area contributed by atoms with Gasteiger partial charge in [0.15, 0.2) is 0 Å². The average Bonchev–Trinajstić information content (AvgIpc) is 3.32. The van der Waals surface area contributed by atoms with Crippen LogP contribution >= 0.6 is 21.6 Å². The van der Waals surface area contributed by atoms with E-state index in [2.05, 4.69) is 16.0 Å². The lowest BCUT2D eigenvalue weighted by molar-refractivity contribution is -0.146. The molecule has 0 aliphatic carbocycles. The normalized spacial score (nSPS) is 14.8. The van der Waals surface area contributed by atoms with Crippen molar-refractivity contribution >= 4 is 63.0 Å². The molecule has 0 saturated carbocycles. The van der Waals surface area contributed by atoms with Crippen molar-refractivity contribution in [1.82, 2.24) is 30.7 Å². The molecule has 3 aromatic carbocycles. The molecule has 4 rings (SSSR count). The second kappa shape index (κ2) is 27.6. The number of amides is 6. The first kappa shape index (κ1) is 55.2. The lowest BCUT2D eigenvalue weighted by Crippen LogP contribution is -2.60. The molecule has 14 nitrogen and oxygen atoms in total. The number of esters is 1. The highest BCUT2D eigenvalue weighted by molar-refractivity contribution is 8.76. The third-order valence-electron chi connectivity index (χ3n) is 12.0. The van der Waals surface area contributed by atoms with Crippen molar-refractivity contribution in [3.8, 4) is 5.75 Å². The molecule has 6 amide bonds. The van der Waals surface area contributed by atoms with Crippen LogP contribution in [0.2, 0.25) is 0 Å². The van der Waals surface area contributed by atoms with E-state index in [9.17, 15) is 28.8 Å². The monoisotopic (exact) mass is 972 g/mol. The van der Waals surface area contributed by atoms with Crippen LogP contribution < -0.4 is 20.7 Å². The fourth-order valence-corrected chi connectivity index (χ4v) is 9.91. The van der Waals surface area contributed by atoms with Crippen LogP contribution in [0.15, 0.2) is 83.8 Å². The van der Waals surface area contributed by atoms with Crippen molar-refractivity contribution in [2.24, 2.45) is 11.8 Å². The highest BCUT2D eigenvalue weighted by atomic mass is 33.1. The summed E-state index contributed by atoms with van der Waals surface area (Å²) >= 11 is 0. The van der Waals surface area contributed by atoms with Crippen LogP contribution in [0.4, 0.5) is 0 Å². The molecule has 0 radical (unpaired) electrons. The molecule has 1 aliphatic rings. The first-order valence-electron chi connectivity index (χ1n) is 23.8. The number of hydrogen-bond acceptors (Lipinski definition) is 10. The topological polar surface area (TPSA) is 175 Å². The number of hydrogen-bond donors (Lipinski definition) is 3. The molecule has 1 fully saturated rings. The van der Waals surface area contributed by atoms with E-state index in [1.54, 1.807) is 53.9 Å². The summed E-state index contributed by atoms with van der Waals surface area (Å²) in [4.78, 5) is 104. The summed E-state index contributed by atoms with van der Waals surface area (Å²) in [5.74, 6) is -2.86. The van der Waals surface area contributed by atoms with Gasteiger partial charge in [-0.15, -0.1) is 0 Å². The Bertz CT molecular complexity index is 2150. The number of likely N-dealkylation sites (tertiary alicyclic amines) is 1. The molecule has 1 aliphatic heterocycles. The van der Waals surface area contributed by atoms with E-state index in [1.165, 1.54) is 27.6 Å².